The molecule has 3 rings (SSSR count). The number of benzene rings is 1. The summed E-state index contributed by atoms with van der Waals surface area (Å²) in [5.74, 6) is -0.168. The van der Waals surface area contributed by atoms with Gasteiger partial charge in [0, 0.05) is 28.5 Å². The molecule has 0 atom stereocenters. The van der Waals surface area contributed by atoms with Crippen molar-refractivity contribution in [3.05, 3.63) is 59.5 Å². The molecule has 0 spiro atoms. The van der Waals surface area contributed by atoms with Crippen LogP contribution < -0.4 is 0 Å². The van der Waals surface area contributed by atoms with Crippen molar-refractivity contribution in [3.63, 3.8) is 0 Å². The highest BCUT2D eigenvalue weighted by atomic mass is 35.5. The zero-order valence-corrected chi connectivity index (χ0v) is 12.6. The van der Waals surface area contributed by atoms with Crippen LogP contribution >= 0.6 is 11.6 Å². The Morgan fingerprint density at radius 3 is 2.68 bits per heavy atom. The standard InChI is InChI=1S/C17H12ClN3O/c1-11-17(16(22)8-18)14-6-7-20-10-15(14)21(11)13-4-2-12(9-19)3-5-13/h2-7,10H,8H2,1H3. The van der Waals surface area contributed by atoms with Crippen molar-refractivity contribution < 1.29 is 4.79 Å². The molecule has 0 aliphatic heterocycles. The van der Waals surface area contributed by atoms with Crippen LogP contribution in [0.2, 0.25) is 0 Å². The SMILES string of the molecule is Cc1c(C(=O)CCl)c2ccncc2n1-c1ccc(C#N)cc1. The van der Waals surface area contributed by atoms with Crippen LogP contribution in [0.15, 0.2) is 42.7 Å². The first-order valence-corrected chi connectivity index (χ1v) is 7.25. The Kier molecular flexibility index (Phi) is 3.66. The number of rotatable bonds is 3. The zero-order valence-electron chi connectivity index (χ0n) is 11.9. The Morgan fingerprint density at radius 2 is 2.05 bits per heavy atom. The molecule has 2 aromatic heterocycles. The summed E-state index contributed by atoms with van der Waals surface area (Å²) >= 11 is 5.74. The second-order valence-electron chi connectivity index (χ2n) is 4.90. The highest BCUT2D eigenvalue weighted by Crippen LogP contribution is 2.29. The van der Waals surface area contributed by atoms with Gasteiger partial charge in [0.2, 0.25) is 0 Å². The lowest BCUT2D eigenvalue weighted by Crippen LogP contribution is -2.04. The second-order valence-corrected chi connectivity index (χ2v) is 5.17. The lowest BCUT2D eigenvalue weighted by Gasteiger charge is -2.08. The monoisotopic (exact) mass is 309 g/mol. The van der Waals surface area contributed by atoms with Crippen LogP contribution in [-0.4, -0.2) is 21.2 Å². The van der Waals surface area contributed by atoms with E-state index in [2.05, 4.69) is 11.1 Å². The summed E-state index contributed by atoms with van der Waals surface area (Å²) in [5, 5.41) is 9.74. The number of Topliss-reactive ketones (excluding diaryl/α,β-unsaturated/α-hetero) is 1. The summed E-state index contributed by atoms with van der Waals surface area (Å²) in [6, 6.07) is 11.1. The Balaban J connectivity index is 2.32. The molecule has 0 saturated carbocycles. The van der Waals surface area contributed by atoms with E-state index in [1.165, 1.54) is 0 Å². The molecular formula is C17H12ClN3O. The fourth-order valence-electron chi connectivity index (χ4n) is 2.70. The Bertz CT molecular complexity index is 904. The van der Waals surface area contributed by atoms with Gasteiger partial charge in [0.15, 0.2) is 5.78 Å². The average Bonchev–Trinajstić information content (AvgIpc) is 2.86. The van der Waals surface area contributed by atoms with E-state index in [1.807, 2.05) is 29.7 Å². The molecule has 4 nitrogen and oxygen atoms in total. The maximum atomic E-state index is 12.2. The van der Waals surface area contributed by atoms with Gasteiger partial charge in [0.05, 0.1) is 29.2 Å². The Morgan fingerprint density at radius 1 is 1.32 bits per heavy atom. The number of aromatic nitrogens is 2. The molecule has 0 aliphatic rings. The van der Waals surface area contributed by atoms with Gasteiger partial charge >= 0.3 is 0 Å². The minimum Gasteiger partial charge on any atom is -0.312 e. The van der Waals surface area contributed by atoms with Crippen molar-refractivity contribution in [2.75, 3.05) is 5.88 Å². The van der Waals surface area contributed by atoms with E-state index in [0.717, 1.165) is 22.3 Å². The number of hydrogen-bond acceptors (Lipinski definition) is 3. The molecule has 22 heavy (non-hydrogen) atoms. The summed E-state index contributed by atoms with van der Waals surface area (Å²) < 4.78 is 1.96. The molecule has 0 amide bonds. The van der Waals surface area contributed by atoms with Gasteiger partial charge in [0.25, 0.3) is 0 Å². The molecule has 1 aromatic carbocycles. The van der Waals surface area contributed by atoms with Crippen LogP contribution in [0, 0.1) is 18.3 Å². The first-order chi connectivity index (χ1) is 10.7. The topological polar surface area (TPSA) is 58.7 Å². The van der Waals surface area contributed by atoms with Crippen LogP contribution in [0.1, 0.15) is 21.6 Å². The quantitative estimate of drug-likeness (QED) is 0.548. The Labute approximate surface area is 132 Å². The minimum absolute atomic E-state index is 0.0599. The van der Waals surface area contributed by atoms with Gasteiger partial charge in [0.1, 0.15) is 0 Å². The largest absolute Gasteiger partial charge is 0.312 e. The number of fused-ring (bicyclic) bond motifs is 1. The summed E-state index contributed by atoms with van der Waals surface area (Å²) in [4.78, 5) is 16.3. The molecule has 108 valence electrons. The van der Waals surface area contributed by atoms with Gasteiger partial charge < -0.3 is 4.57 Å². The molecule has 5 heteroatoms. The molecule has 0 saturated heterocycles. The van der Waals surface area contributed by atoms with Crippen molar-refractivity contribution in [3.8, 4) is 11.8 Å². The van der Waals surface area contributed by atoms with Gasteiger partial charge in [-0.1, -0.05) is 0 Å². The highest BCUT2D eigenvalue weighted by molar-refractivity contribution is 6.32. The third-order valence-corrected chi connectivity index (χ3v) is 3.91. The smallest absolute Gasteiger partial charge is 0.180 e. The normalized spacial score (nSPS) is 10.6. The zero-order chi connectivity index (χ0) is 15.7. The lowest BCUT2D eigenvalue weighted by atomic mass is 10.1. The number of nitrogens with zero attached hydrogens (tertiary/aromatic N) is 3. The molecular weight excluding hydrogens is 298 g/mol. The number of pyridine rings is 1. The first kappa shape index (κ1) is 14.3. The summed E-state index contributed by atoms with van der Waals surface area (Å²) in [7, 11) is 0. The number of hydrogen-bond donors (Lipinski definition) is 0. The molecule has 0 fully saturated rings. The Hall–Kier alpha value is -2.64. The molecule has 0 bridgehead atoms. The van der Waals surface area contributed by atoms with E-state index in [1.54, 1.807) is 24.5 Å². The van der Waals surface area contributed by atoms with Gasteiger partial charge in [-0.15, -0.1) is 11.6 Å². The van der Waals surface area contributed by atoms with E-state index < -0.39 is 0 Å². The fourth-order valence-corrected chi connectivity index (χ4v) is 2.83. The predicted octanol–water partition coefficient (Wildman–Crippen LogP) is 3.63. The van der Waals surface area contributed by atoms with Crippen LogP contribution in [0.4, 0.5) is 0 Å². The van der Waals surface area contributed by atoms with Gasteiger partial charge in [-0.2, -0.15) is 5.26 Å². The van der Waals surface area contributed by atoms with Crippen molar-refractivity contribution in [2.24, 2.45) is 0 Å². The van der Waals surface area contributed by atoms with E-state index in [-0.39, 0.29) is 11.7 Å². The lowest BCUT2D eigenvalue weighted by molar-refractivity contribution is 0.102. The maximum absolute atomic E-state index is 12.2. The third-order valence-electron chi connectivity index (χ3n) is 3.66. The minimum atomic E-state index is -0.109. The third kappa shape index (κ3) is 2.16. The predicted molar refractivity (Wildman–Crippen MR) is 85.6 cm³/mol. The number of ketones is 1. The molecule has 0 unspecified atom stereocenters. The average molecular weight is 310 g/mol. The first-order valence-electron chi connectivity index (χ1n) is 6.72. The molecule has 0 aliphatic carbocycles. The van der Waals surface area contributed by atoms with Gasteiger partial charge in [-0.05, 0) is 37.3 Å². The number of halogens is 1. The van der Waals surface area contributed by atoms with E-state index >= 15 is 0 Å². The summed E-state index contributed by atoms with van der Waals surface area (Å²) in [6.45, 7) is 1.89. The highest BCUT2D eigenvalue weighted by Gasteiger charge is 2.20. The van der Waals surface area contributed by atoms with Crippen molar-refractivity contribution >= 4 is 28.3 Å². The van der Waals surface area contributed by atoms with Gasteiger partial charge in [-0.3, -0.25) is 9.78 Å². The summed E-state index contributed by atoms with van der Waals surface area (Å²) in [6.07, 6.45) is 3.39. The van der Waals surface area contributed by atoms with Crippen molar-refractivity contribution in [1.29, 1.82) is 5.26 Å². The number of carbonyl (C=O) groups is 1. The van der Waals surface area contributed by atoms with Crippen molar-refractivity contribution in [2.45, 2.75) is 6.92 Å². The van der Waals surface area contributed by atoms with Crippen LogP contribution in [0.3, 0.4) is 0 Å². The molecule has 0 radical (unpaired) electrons. The van der Waals surface area contributed by atoms with Crippen molar-refractivity contribution in [1.82, 2.24) is 9.55 Å². The number of alkyl halides is 1. The fraction of sp³-hybridized carbons (Fsp3) is 0.118. The molecule has 2 heterocycles. The second kappa shape index (κ2) is 5.63. The molecule has 3 aromatic rings. The van der Waals surface area contributed by atoms with E-state index in [4.69, 9.17) is 16.9 Å². The van der Waals surface area contributed by atoms with E-state index in [9.17, 15) is 4.79 Å². The molecule has 0 N–H and O–H groups in total. The number of carbonyl (C=O) groups excluding carboxylic acids is 1. The maximum Gasteiger partial charge on any atom is 0.180 e. The number of nitriles is 1. The van der Waals surface area contributed by atoms with Crippen LogP contribution in [-0.2, 0) is 0 Å². The van der Waals surface area contributed by atoms with Crippen LogP contribution in [0.5, 0.6) is 0 Å². The van der Waals surface area contributed by atoms with Gasteiger partial charge in [-0.25, -0.2) is 0 Å². The van der Waals surface area contributed by atoms with Crippen LogP contribution in [0.25, 0.3) is 16.6 Å². The van der Waals surface area contributed by atoms with E-state index in [0.29, 0.717) is 11.1 Å². The summed E-state index contributed by atoms with van der Waals surface area (Å²) in [5.41, 5.74) is 3.75.